The molecule has 0 atom stereocenters. The number of carboxylic acids is 2. The van der Waals surface area contributed by atoms with Crippen molar-refractivity contribution in [1.82, 2.24) is 5.01 Å². The molecule has 1 aromatic rings. The van der Waals surface area contributed by atoms with Crippen LogP contribution in [-0.4, -0.2) is 60.2 Å². The van der Waals surface area contributed by atoms with E-state index in [9.17, 15) is 9.59 Å². The minimum Gasteiger partial charge on any atom is -0.491 e. The van der Waals surface area contributed by atoms with E-state index in [2.05, 4.69) is 5.10 Å². The zero-order chi connectivity index (χ0) is 17.4. The normalized spacial score (nSPS) is 10.6. The van der Waals surface area contributed by atoms with Crippen molar-refractivity contribution in [3.63, 3.8) is 0 Å². The molecule has 0 aromatic heterocycles. The quantitative estimate of drug-likeness (QED) is 0.516. The van der Waals surface area contributed by atoms with Gasteiger partial charge in [-0.1, -0.05) is 11.6 Å². The summed E-state index contributed by atoms with van der Waals surface area (Å²) in [5.74, 6) is -1.59. The summed E-state index contributed by atoms with van der Waals surface area (Å²) in [5, 5.41) is 22.6. The first-order valence-electron chi connectivity index (χ1n) is 6.60. The molecule has 0 unspecified atom stereocenters. The van der Waals surface area contributed by atoms with Gasteiger partial charge < -0.3 is 19.7 Å². The van der Waals surface area contributed by atoms with Gasteiger partial charge in [0, 0.05) is 0 Å². The van der Waals surface area contributed by atoms with Crippen LogP contribution in [0.3, 0.4) is 0 Å². The molecule has 1 aromatic carbocycles. The second kappa shape index (κ2) is 8.84. The second-order valence-electron chi connectivity index (χ2n) is 4.32. The van der Waals surface area contributed by atoms with Crippen LogP contribution < -0.4 is 9.47 Å². The molecule has 8 nitrogen and oxygen atoms in total. The van der Waals surface area contributed by atoms with Crippen LogP contribution in [0.4, 0.5) is 0 Å². The lowest BCUT2D eigenvalue weighted by atomic mass is 10.2. The van der Waals surface area contributed by atoms with Crippen LogP contribution in [0.1, 0.15) is 12.5 Å². The first kappa shape index (κ1) is 18.6. The van der Waals surface area contributed by atoms with Crippen molar-refractivity contribution in [3.8, 4) is 11.5 Å². The highest BCUT2D eigenvalue weighted by Gasteiger charge is 2.13. The van der Waals surface area contributed by atoms with E-state index in [-0.39, 0.29) is 0 Å². The van der Waals surface area contributed by atoms with E-state index in [0.717, 1.165) is 5.01 Å². The molecule has 9 heteroatoms. The lowest BCUT2D eigenvalue weighted by Gasteiger charge is -2.14. The van der Waals surface area contributed by atoms with Gasteiger partial charge in [0.15, 0.2) is 11.5 Å². The molecule has 0 aliphatic rings. The van der Waals surface area contributed by atoms with Gasteiger partial charge in [0.25, 0.3) is 0 Å². The summed E-state index contributed by atoms with van der Waals surface area (Å²) in [7, 11) is 1.46. The Morgan fingerprint density at radius 3 is 2.39 bits per heavy atom. The van der Waals surface area contributed by atoms with Crippen molar-refractivity contribution < 1.29 is 29.3 Å². The summed E-state index contributed by atoms with van der Waals surface area (Å²) in [6, 6.07) is 3.16. The van der Waals surface area contributed by atoms with E-state index in [4.69, 9.17) is 31.3 Å². The summed E-state index contributed by atoms with van der Waals surface area (Å²) in [6.45, 7) is 1.13. The van der Waals surface area contributed by atoms with Gasteiger partial charge in [0.05, 0.1) is 25.0 Å². The van der Waals surface area contributed by atoms with E-state index >= 15 is 0 Å². The maximum absolute atomic E-state index is 10.7. The molecular formula is C14H17ClN2O6. The highest BCUT2D eigenvalue weighted by Crippen LogP contribution is 2.35. The number of aliphatic carboxylic acids is 2. The fourth-order valence-electron chi connectivity index (χ4n) is 1.72. The Bertz CT molecular complexity index is 589. The van der Waals surface area contributed by atoms with E-state index in [1.54, 1.807) is 19.1 Å². The molecule has 0 bridgehead atoms. The standard InChI is InChI=1S/C14H17ClN2O6/c1-3-23-11-5-9(4-10(15)14(11)22-2)6-16-17(7-12(18)19)8-13(20)21/h4-6H,3,7-8H2,1-2H3,(H,18,19)(H,20,21)/b16-6-. The van der Waals surface area contributed by atoms with Gasteiger partial charge >= 0.3 is 11.9 Å². The number of hydrogen-bond acceptors (Lipinski definition) is 6. The van der Waals surface area contributed by atoms with Crippen LogP contribution in [-0.2, 0) is 9.59 Å². The number of nitrogens with zero attached hydrogens (tertiary/aromatic N) is 2. The lowest BCUT2D eigenvalue weighted by Crippen LogP contribution is -2.30. The third kappa shape index (κ3) is 6.03. The molecule has 1 rings (SSSR count). The Morgan fingerprint density at radius 1 is 1.30 bits per heavy atom. The van der Waals surface area contributed by atoms with Crippen LogP contribution >= 0.6 is 11.6 Å². The van der Waals surface area contributed by atoms with Gasteiger partial charge in [0.1, 0.15) is 13.1 Å². The predicted molar refractivity (Wildman–Crippen MR) is 83.6 cm³/mol. The van der Waals surface area contributed by atoms with Crippen molar-refractivity contribution in [2.45, 2.75) is 6.92 Å². The number of rotatable bonds is 9. The van der Waals surface area contributed by atoms with Crippen LogP contribution in [0.15, 0.2) is 17.2 Å². The van der Waals surface area contributed by atoms with E-state index < -0.39 is 25.0 Å². The second-order valence-corrected chi connectivity index (χ2v) is 4.73. The predicted octanol–water partition coefficient (Wildman–Crippen LogP) is 1.55. The molecule has 0 saturated carbocycles. The summed E-state index contributed by atoms with van der Waals surface area (Å²) >= 11 is 6.09. The maximum atomic E-state index is 10.7. The molecule has 0 heterocycles. The fraction of sp³-hybridized carbons (Fsp3) is 0.357. The largest absolute Gasteiger partial charge is 0.491 e. The Labute approximate surface area is 137 Å². The summed E-state index contributed by atoms with van der Waals surface area (Å²) in [5.41, 5.74) is 0.514. The molecule has 2 N–H and O–H groups in total. The Kier molecular flexibility index (Phi) is 7.14. The number of hydrogen-bond donors (Lipinski definition) is 2. The third-order valence-corrected chi connectivity index (χ3v) is 2.82. The van der Waals surface area contributed by atoms with Gasteiger partial charge in [-0.2, -0.15) is 5.10 Å². The number of ether oxygens (including phenoxy) is 2. The molecule has 0 fully saturated rings. The molecule has 23 heavy (non-hydrogen) atoms. The van der Waals surface area contributed by atoms with Crippen LogP contribution in [0.2, 0.25) is 5.02 Å². The van der Waals surface area contributed by atoms with Gasteiger partial charge in [-0.3, -0.25) is 14.6 Å². The summed E-state index contributed by atoms with van der Waals surface area (Å²) in [6.07, 6.45) is 1.31. The van der Waals surface area contributed by atoms with Crippen LogP contribution in [0, 0.1) is 0 Å². The number of halogens is 1. The number of methoxy groups -OCH3 is 1. The summed E-state index contributed by atoms with van der Waals surface area (Å²) < 4.78 is 10.6. The van der Waals surface area contributed by atoms with E-state index in [1.165, 1.54) is 13.3 Å². The molecule has 0 spiro atoms. The van der Waals surface area contributed by atoms with Gasteiger partial charge in [-0.05, 0) is 24.6 Å². The zero-order valence-electron chi connectivity index (χ0n) is 12.7. The van der Waals surface area contributed by atoms with Crippen molar-refractivity contribution in [2.24, 2.45) is 5.10 Å². The number of hydrazone groups is 1. The first-order valence-corrected chi connectivity index (χ1v) is 6.98. The number of benzene rings is 1. The highest BCUT2D eigenvalue weighted by molar-refractivity contribution is 6.32. The molecule has 0 amide bonds. The van der Waals surface area contributed by atoms with Crippen molar-refractivity contribution in [1.29, 1.82) is 0 Å². The minimum absolute atomic E-state index is 0.294. The minimum atomic E-state index is -1.19. The number of carboxylic acid groups (broad SMARTS) is 2. The molecule has 0 aliphatic carbocycles. The Balaban J connectivity index is 3.04. The van der Waals surface area contributed by atoms with E-state index in [0.29, 0.717) is 28.7 Å². The maximum Gasteiger partial charge on any atom is 0.324 e. The van der Waals surface area contributed by atoms with Gasteiger partial charge in [0.2, 0.25) is 0 Å². The average molecular weight is 345 g/mol. The lowest BCUT2D eigenvalue weighted by molar-refractivity contribution is -0.141. The van der Waals surface area contributed by atoms with Crippen molar-refractivity contribution in [3.05, 3.63) is 22.7 Å². The van der Waals surface area contributed by atoms with E-state index in [1.807, 2.05) is 0 Å². The highest BCUT2D eigenvalue weighted by atomic mass is 35.5. The Morgan fingerprint density at radius 2 is 1.91 bits per heavy atom. The summed E-state index contributed by atoms with van der Waals surface area (Å²) in [4.78, 5) is 21.4. The van der Waals surface area contributed by atoms with Gasteiger partial charge in [-0.15, -0.1) is 0 Å². The molecule has 126 valence electrons. The van der Waals surface area contributed by atoms with Gasteiger partial charge in [-0.25, -0.2) is 0 Å². The third-order valence-electron chi connectivity index (χ3n) is 2.54. The topological polar surface area (TPSA) is 109 Å². The van der Waals surface area contributed by atoms with Crippen molar-refractivity contribution in [2.75, 3.05) is 26.8 Å². The molecule has 0 aliphatic heterocycles. The van der Waals surface area contributed by atoms with Crippen LogP contribution in [0.25, 0.3) is 0 Å². The fourth-order valence-corrected chi connectivity index (χ4v) is 2.02. The van der Waals surface area contributed by atoms with Crippen molar-refractivity contribution >= 4 is 29.8 Å². The monoisotopic (exact) mass is 344 g/mol. The number of carbonyl (C=O) groups is 2. The smallest absolute Gasteiger partial charge is 0.324 e. The molecule has 0 saturated heterocycles. The molecule has 0 radical (unpaired) electrons. The SMILES string of the molecule is CCOc1cc(/C=N\N(CC(=O)O)CC(=O)O)cc(Cl)c1OC. The Hall–Kier alpha value is -2.48. The van der Waals surface area contributed by atoms with Crippen LogP contribution in [0.5, 0.6) is 11.5 Å². The zero-order valence-corrected chi connectivity index (χ0v) is 13.4. The average Bonchev–Trinajstić information content (AvgIpc) is 2.44. The molecular weight excluding hydrogens is 328 g/mol. The first-order chi connectivity index (χ1) is 10.9.